The van der Waals surface area contributed by atoms with Gasteiger partial charge in [0.05, 0.1) is 11.9 Å². The molecule has 1 unspecified atom stereocenters. The first-order valence-corrected chi connectivity index (χ1v) is 10.9. The lowest BCUT2D eigenvalue weighted by molar-refractivity contribution is -0.0970. The maximum absolute atomic E-state index is 13.9. The zero-order chi connectivity index (χ0) is 23.3. The van der Waals surface area contributed by atoms with Crippen molar-refractivity contribution in [2.24, 2.45) is 5.73 Å². The molecule has 3 N–H and O–H groups in total. The van der Waals surface area contributed by atoms with Crippen LogP contribution in [0.2, 0.25) is 0 Å². The third-order valence-corrected chi connectivity index (χ3v) is 6.22. The largest absolute Gasteiger partial charge is 0.455 e. The summed E-state index contributed by atoms with van der Waals surface area (Å²) >= 11 is 0. The third kappa shape index (κ3) is 3.35. The van der Waals surface area contributed by atoms with Crippen molar-refractivity contribution in [1.29, 1.82) is 0 Å². The van der Waals surface area contributed by atoms with Crippen molar-refractivity contribution >= 4 is 0 Å². The van der Waals surface area contributed by atoms with Gasteiger partial charge in [-0.25, -0.2) is 8.78 Å². The van der Waals surface area contributed by atoms with Crippen LogP contribution in [0.15, 0.2) is 73.2 Å². The quantitative estimate of drug-likeness (QED) is 0.465. The summed E-state index contributed by atoms with van der Waals surface area (Å²) < 4.78 is 40.1. The summed E-state index contributed by atoms with van der Waals surface area (Å²) in [5.74, 6) is -0.696. The van der Waals surface area contributed by atoms with E-state index in [9.17, 15) is 8.78 Å². The first kappa shape index (κ1) is 20.9. The second-order valence-electron chi connectivity index (χ2n) is 8.36. The Bertz CT molecular complexity index is 1400. The molecule has 34 heavy (non-hydrogen) atoms. The Morgan fingerprint density at radius 1 is 0.912 bits per heavy atom. The van der Waals surface area contributed by atoms with Gasteiger partial charge in [0.15, 0.2) is 17.4 Å². The zero-order valence-electron chi connectivity index (χ0n) is 18.0. The fourth-order valence-corrected chi connectivity index (χ4v) is 4.61. The number of ether oxygens (including phenoxy) is 2. The molecule has 2 aromatic carbocycles. The average Bonchev–Trinajstić information content (AvgIpc) is 2.86. The summed E-state index contributed by atoms with van der Waals surface area (Å²) in [6.45, 7) is 0.943. The van der Waals surface area contributed by atoms with Crippen LogP contribution in [-0.4, -0.2) is 29.3 Å². The van der Waals surface area contributed by atoms with E-state index in [1.807, 2.05) is 30.3 Å². The van der Waals surface area contributed by atoms with Crippen LogP contribution in [0.3, 0.4) is 0 Å². The van der Waals surface area contributed by atoms with Crippen molar-refractivity contribution < 1.29 is 18.3 Å². The Hall–Kier alpha value is -3.72. The lowest BCUT2D eigenvalue weighted by Crippen LogP contribution is -2.56. The predicted octanol–water partition coefficient (Wildman–Crippen LogP) is 4.34. The molecular weight excluding hydrogens is 438 g/mol. The molecule has 0 aliphatic carbocycles. The minimum Gasteiger partial charge on any atom is -0.455 e. The molecule has 4 heterocycles. The van der Waals surface area contributed by atoms with Gasteiger partial charge in [0.2, 0.25) is 0 Å². The lowest BCUT2D eigenvalue weighted by atomic mass is 9.81. The number of aromatic nitrogens is 2. The van der Waals surface area contributed by atoms with Crippen LogP contribution in [0.1, 0.15) is 11.1 Å². The fourth-order valence-electron chi connectivity index (χ4n) is 4.61. The topological polar surface area (TPSA) is 82.3 Å². The van der Waals surface area contributed by atoms with E-state index in [1.54, 1.807) is 24.7 Å². The molecule has 2 aromatic heterocycles. The fraction of sp³-hybridized carbons (Fsp3) is 0.154. The van der Waals surface area contributed by atoms with Gasteiger partial charge in [-0.05, 0) is 48.0 Å². The molecule has 1 spiro atoms. The summed E-state index contributed by atoms with van der Waals surface area (Å²) in [6, 6.07) is 15.2. The SMILES string of the molecule is N[C@@H]1CNCC2(O1)c1cc(-c3cccnc3)ccc1Oc1cnc(-c3ccc(F)c(F)c3)cc12. The normalized spacial score (nSPS) is 21.0. The van der Waals surface area contributed by atoms with Crippen LogP contribution in [0.4, 0.5) is 8.78 Å². The highest BCUT2D eigenvalue weighted by atomic mass is 19.2. The molecule has 6 rings (SSSR count). The summed E-state index contributed by atoms with van der Waals surface area (Å²) in [5.41, 5.74) is 9.63. The van der Waals surface area contributed by atoms with E-state index in [4.69, 9.17) is 15.2 Å². The van der Waals surface area contributed by atoms with E-state index in [2.05, 4.69) is 15.3 Å². The predicted molar refractivity (Wildman–Crippen MR) is 122 cm³/mol. The molecule has 8 heteroatoms. The molecule has 0 radical (unpaired) electrons. The second-order valence-corrected chi connectivity index (χ2v) is 8.36. The van der Waals surface area contributed by atoms with Gasteiger partial charge in [0.1, 0.15) is 17.6 Å². The van der Waals surface area contributed by atoms with E-state index in [0.717, 1.165) is 28.8 Å². The molecule has 2 aliphatic heterocycles. The van der Waals surface area contributed by atoms with Crippen molar-refractivity contribution in [3.05, 3.63) is 95.9 Å². The lowest BCUT2D eigenvalue weighted by Gasteiger charge is -2.44. The zero-order valence-corrected chi connectivity index (χ0v) is 18.0. The van der Waals surface area contributed by atoms with Gasteiger partial charge < -0.3 is 20.5 Å². The van der Waals surface area contributed by atoms with Gasteiger partial charge in [0.25, 0.3) is 0 Å². The summed E-state index contributed by atoms with van der Waals surface area (Å²) in [4.78, 5) is 8.66. The molecule has 0 saturated carbocycles. The van der Waals surface area contributed by atoms with Crippen molar-refractivity contribution in [3.8, 4) is 33.9 Å². The Balaban J connectivity index is 1.54. The number of pyridine rings is 2. The van der Waals surface area contributed by atoms with Crippen molar-refractivity contribution in [2.45, 2.75) is 11.8 Å². The number of nitrogens with one attached hydrogen (secondary N) is 1. The van der Waals surface area contributed by atoms with Crippen LogP contribution in [0.5, 0.6) is 11.5 Å². The number of halogens is 2. The van der Waals surface area contributed by atoms with Crippen LogP contribution < -0.4 is 15.8 Å². The van der Waals surface area contributed by atoms with Crippen molar-refractivity contribution in [3.63, 3.8) is 0 Å². The van der Waals surface area contributed by atoms with E-state index in [-0.39, 0.29) is 0 Å². The van der Waals surface area contributed by atoms with Crippen molar-refractivity contribution in [1.82, 2.24) is 15.3 Å². The molecule has 4 aromatic rings. The minimum absolute atomic E-state index is 0.444. The Morgan fingerprint density at radius 3 is 2.56 bits per heavy atom. The number of benzene rings is 2. The molecule has 0 bridgehead atoms. The molecule has 170 valence electrons. The number of morpholine rings is 1. The van der Waals surface area contributed by atoms with E-state index < -0.39 is 23.5 Å². The maximum atomic E-state index is 13.9. The Kier molecular flexibility index (Phi) is 4.88. The van der Waals surface area contributed by atoms with Gasteiger partial charge >= 0.3 is 0 Å². The summed E-state index contributed by atoms with van der Waals surface area (Å²) in [7, 11) is 0. The molecule has 1 saturated heterocycles. The van der Waals surface area contributed by atoms with Crippen molar-refractivity contribution in [2.75, 3.05) is 13.1 Å². The highest BCUT2D eigenvalue weighted by Crippen LogP contribution is 2.51. The number of nitrogens with zero attached hydrogens (tertiary/aromatic N) is 2. The van der Waals surface area contributed by atoms with Gasteiger partial charge in [-0.3, -0.25) is 9.97 Å². The minimum atomic E-state index is -0.963. The molecule has 2 atom stereocenters. The number of hydrogen-bond donors (Lipinski definition) is 2. The van der Waals surface area contributed by atoms with Crippen LogP contribution in [0.25, 0.3) is 22.4 Å². The van der Waals surface area contributed by atoms with E-state index in [0.29, 0.717) is 41.4 Å². The molecular formula is C26H20F2N4O2. The number of fused-ring (bicyclic) bond motifs is 4. The average molecular weight is 458 g/mol. The summed E-state index contributed by atoms with van der Waals surface area (Å²) in [6.07, 6.45) is 4.54. The highest BCUT2D eigenvalue weighted by Gasteiger charge is 2.47. The molecule has 1 fully saturated rings. The Labute approximate surface area is 194 Å². The highest BCUT2D eigenvalue weighted by molar-refractivity contribution is 5.70. The van der Waals surface area contributed by atoms with Gasteiger partial charge in [-0.15, -0.1) is 0 Å². The van der Waals surface area contributed by atoms with E-state index in [1.165, 1.54) is 6.07 Å². The molecule has 0 amide bonds. The molecule has 6 nitrogen and oxygen atoms in total. The first-order chi connectivity index (χ1) is 16.5. The summed E-state index contributed by atoms with van der Waals surface area (Å²) in [5, 5.41) is 3.36. The van der Waals surface area contributed by atoms with Crippen LogP contribution >= 0.6 is 0 Å². The van der Waals surface area contributed by atoms with E-state index >= 15 is 0 Å². The standard InChI is InChI=1S/C26H20F2N4O2/c27-20-5-3-16(9-21(20)28)22-10-19-24(12-32-22)33-23-6-4-15(17-2-1-7-30-11-17)8-18(23)26(19)14-31-13-25(29)34-26/h1-12,25,31H,13-14,29H2/t25-,26?/m0/s1. The van der Waals surface area contributed by atoms with Gasteiger partial charge in [-0.2, -0.15) is 0 Å². The van der Waals surface area contributed by atoms with Crippen LogP contribution in [0, 0.1) is 11.6 Å². The van der Waals surface area contributed by atoms with Gasteiger partial charge in [0, 0.05) is 47.7 Å². The van der Waals surface area contributed by atoms with Crippen LogP contribution in [-0.2, 0) is 10.3 Å². The second kappa shape index (κ2) is 7.95. The third-order valence-electron chi connectivity index (χ3n) is 6.22. The monoisotopic (exact) mass is 458 g/mol. The Morgan fingerprint density at radius 2 is 1.76 bits per heavy atom. The number of hydrogen-bond acceptors (Lipinski definition) is 6. The number of rotatable bonds is 2. The number of nitrogens with two attached hydrogens (primary N) is 1. The smallest absolute Gasteiger partial charge is 0.159 e. The maximum Gasteiger partial charge on any atom is 0.159 e. The first-order valence-electron chi connectivity index (χ1n) is 10.9. The van der Waals surface area contributed by atoms with Gasteiger partial charge in [-0.1, -0.05) is 12.1 Å². The molecule has 2 aliphatic rings.